The average Bonchev–Trinajstić information content (AvgIpc) is 3.19. The molecule has 1 aliphatic carbocycles. The minimum absolute atomic E-state index is 0.0150. The van der Waals surface area contributed by atoms with Gasteiger partial charge in [-0.3, -0.25) is 10.1 Å². The maximum absolute atomic E-state index is 10.9. The molecule has 1 saturated carbocycles. The van der Waals surface area contributed by atoms with Crippen molar-refractivity contribution >= 4 is 11.5 Å². The maximum atomic E-state index is 10.9. The summed E-state index contributed by atoms with van der Waals surface area (Å²) in [5.41, 5.74) is -0.0150. The molecule has 1 aliphatic rings. The average molecular weight is 251 g/mol. The molecule has 0 saturated heterocycles. The summed E-state index contributed by atoms with van der Waals surface area (Å²) in [4.78, 5) is 14.6. The second-order valence-corrected chi connectivity index (χ2v) is 4.67. The van der Waals surface area contributed by atoms with Crippen LogP contribution in [0.2, 0.25) is 0 Å². The van der Waals surface area contributed by atoms with Gasteiger partial charge in [0.2, 0.25) is 11.7 Å². The molecular formula is C12H17N3O3. The molecule has 1 atom stereocenters. The van der Waals surface area contributed by atoms with E-state index in [1.165, 1.54) is 32.1 Å². The number of aromatic nitrogens is 1. The Hall–Kier alpha value is -1.85. The second-order valence-electron chi connectivity index (χ2n) is 4.67. The van der Waals surface area contributed by atoms with Crippen LogP contribution in [0.4, 0.5) is 11.5 Å². The lowest BCUT2D eigenvalue weighted by Gasteiger charge is -2.12. The van der Waals surface area contributed by atoms with E-state index in [2.05, 4.69) is 17.2 Å². The van der Waals surface area contributed by atoms with E-state index < -0.39 is 4.92 Å². The van der Waals surface area contributed by atoms with Gasteiger partial charge in [-0.05, 0) is 24.7 Å². The topological polar surface area (TPSA) is 77.3 Å². The van der Waals surface area contributed by atoms with E-state index in [9.17, 15) is 10.1 Å². The molecular weight excluding hydrogens is 234 g/mol. The number of nitrogens with zero attached hydrogens (tertiary/aromatic N) is 2. The van der Waals surface area contributed by atoms with Crippen molar-refractivity contribution in [1.82, 2.24) is 4.98 Å². The van der Waals surface area contributed by atoms with Gasteiger partial charge < -0.3 is 10.1 Å². The third kappa shape index (κ3) is 2.88. The third-order valence-electron chi connectivity index (χ3n) is 3.27. The minimum atomic E-state index is -0.434. The minimum Gasteiger partial charge on any atom is -0.481 e. The summed E-state index contributed by atoms with van der Waals surface area (Å²) in [6.07, 6.45) is 2.52. The Morgan fingerprint density at radius 2 is 2.33 bits per heavy atom. The lowest BCUT2D eigenvalue weighted by molar-refractivity contribution is -0.384. The van der Waals surface area contributed by atoms with Gasteiger partial charge in [-0.15, -0.1) is 0 Å². The van der Waals surface area contributed by atoms with Gasteiger partial charge in [-0.1, -0.05) is 6.92 Å². The summed E-state index contributed by atoms with van der Waals surface area (Å²) in [6.45, 7) is 2.85. The monoisotopic (exact) mass is 251 g/mol. The number of rotatable bonds is 6. The number of nitro groups is 1. The van der Waals surface area contributed by atoms with Crippen molar-refractivity contribution in [1.29, 1.82) is 0 Å². The van der Waals surface area contributed by atoms with Crippen LogP contribution in [0.25, 0.3) is 0 Å². The van der Waals surface area contributed by atoms with Gasteiger partial charge in [0.25, 0.3) is 0 Å². The molecule has 18 heavy (non-hydrogen) atoms. The molecule has 6 nitrogen and oxygen atoms in total. The van der Waals surface area contributed by atoms with Crippen molar-refractivity contribution in [2.45, 2.75) is 19.8 Å². The maximum Gasteiger partial charge on any atom is 0.311 e. The Labute approximate surface area is 106 Å². The highest BCUT2D eigenvalue weighted by molar-refractivity contribution is 5.57. The number of nitrogens with one attached hydrogen (secondary N) is 1. The fraction of sp³-hybridized carbons (Fsp3) is 0.583. The first-order chi connectivity index (χ1) is 8.61. The van der Waals surface area contributed by atoms with E-state index in [0.29, 0.717) is 18.3 Å². The number of methoxy groups -OCH3 is 1. The van der Waals surface area contributed by atoms with Gasteiger partial charge >= 0.3 is 5.69 Å². The van der Waals surface area contributed by atoms with Gasteiger partial charge in [0.15, 0.2) is 0 Å². The molecule has 0 spiro atoms. The Morgan fingerprint density at radius 1 is 1.61 bits per heavy atom. The van der Waals surface area contributed by atoms with Crippen molar-refractivity contribution in [2.75, 3.05) is 19.0 Å². The highest BCUT2D eigenvalue weighted by Gasteiger charge is 2.28. The molecule has 1 fully saturated rings. The van der Waals surface area contributed by atoms with Gasteiger partial charge in [-0.2, -0.15) is 4.98 Å². The summed E-state index contributed by atoms with van der Waals surface area (Å²) in [7, 11) is 1.49. The van der Waals surface area contributed by atoms with Crippen molar-refractivity contribution in [3.8, 4) is 5.88 Å². The summed E-state index contributed by atoms with van der Waals surface area (Å²) in [6, 6.07) is 2.91. The third-order valence-corrected chi connectivity index (χ3v) is 3.27. The fourth-order valence-electron chi connectivity index (χ4n) is 1.91. The predicted molar refractivity (Wildman–Crippen MR) is 67.8 cm³/mol. The molecule has 1 aromatic rings. The van der Waals surface area contributed by atoms with Gasteiger partial charge in [-0.25, -0.2) is 0 Å². The predicted octanol–water partition coefficient (Wildman–Crippen LogP) is 2.46. The molecule has 1 aromatic heterocycles. The van der Waals surface area contributed by atoms with Crippen molar-refractivity contribution in [3.05, 3.63) is 22.2 Å². The van der Waals surface area contributed by atoms with Crippen LogP contribution in [0.3, 0.4) is 0 Å². The molecule has 98 valence electrons. The highest BCUT2D eigenvalue weighted by Crippen LogP contribution is 2.36. The zero-order valence-corrected chi connectivity index (χ0v) is 10.5. The molecule has 0 aliphatic heterocycles. The summed E-state index contributed by atoms with van der Waals surface area (Å²) < 4.78 is 4.98. The van der Waals surface area contributed by atoms with Crippen LogP contribution >= 0.6 is 0 Å². The van der Waals surface area contributed by atoms with E-state index in [0.717, 1.165) is 5.92 Å². The zero-order valence-electron chi connectivity index (χ0n) is 10.5. The Morgan fingerprint density at radius 3 is 2.89 bits per heavy atom. The Balaban J connectivity index is 2.09. The van der Waals surface area contributed by atoms with Crippen LogP contribution in [0.1, 0.15) is 19.8 Å². The van der Waals surface area contributed by atoms with E-state index in [4.69, 9.17) is 4.74 Å². The Bertz CT molecular complexity index is 446. The summed E-state index contributed by atoms with van der Waals surface area (Å²) in [5.74, 6) is 1.92. The van der Waals surface area contributed by atoms with Crippen LogP contribution < -0.4 is 10.1 Å². The van der Waals surface area contributed by atoms with E-state index in [-0.39, 0.29) is 11.5 Å². The van der Waals surface area contributed by atoms with E-state index in [1.54, 1.807) is 0 Å². The molecule has 0 bridgehead atoms. The number of anilines is 1. The van der Waals surface area contributed by atoms with Crippen LogP contribution in [-0.4, -0.2) is 23.6 Å². The van der Waals surface area contributed by atoms with E-state index in [1.807, 2.05) is 0 Å². The molecule has 0 radical (unpaired) electrons. The first-order valence-electron chi connectivity index (χ1n) is 6.05. The Kier molecular flexibility index (Phi) is 3.64. The summed E-state index contributed by atoms with van der Waals surface area (Å²) in [5, 5.41) is 14.0. The van der Waals surface area contributed by atoms with Crippen molar-refractivity contribution in [3.63, 3.8) is 0 Å². The van der Waals surface area contributed by atoms with Gasteiger partial charge in [0, 0.05) is 18.7 Å². The lowest BCUT2D eigenvalue weighted by atomic mass is 10.1. The number of pyridine rings is 1. The van der Waals surface area contributed by atoms with Crippen LogP contribution in [-0.2, 0) is 0 Å². The second kappa shape index (κ2) is 5.20. The van der Waals surface area contributed by atoms with E-state index >= 15 is 0 Å². The fourth-order valence-corrected chi connectivity index (χ4v) is 1.91. The highest BCUT2D eigenvalue weighted by atomic mass is 16.6. The van der Waals surface area contributed by atoms with Gasteiger partial charge in [0.1, 0.15) is 0 Å². The molecule has 1 heterocycles. The first kappa shape index (κ1) is 12.6. The molecule has 0 aromatic carbocycles. The normalized spacial score (nSPS) is 16.1. The van der Waals surface area contributed by atoms with Crippen LogP contribution in [0.5, 0.6) is 5.88 Å². The zero-order chi connectivity index (χ0) is 13.1. The summed E-state index contributed by atoms with van der Waals surface area (Å²) >= 11 is 0. The number of hydrogen-bond acceptors (Lipinski definition) is 5. The molecule has 1 unspecified atom stereocenters. The largest absolute Gasteiger partial charge is 0.481 e. The van der Waals surface area contributed by atoms with Crippen LogP contribution in [0, 0.1) is 22.0 Å². The van der Waals surface area contributed by atoms with Crippen molar-refractivity contribution < 1.29 is 9.66 Å². The van der Waals surface area contributed by atoms with Crippen LogP contribution in [0.15, 0.2) is 12.1 Å². The quantitative estimate of drug-likeness (QED) is 0.620. The standard InChI is InChI=1S/C12H17N3O3/c1-8(9-3-4-9)7-13-12-10(15(16)17)5-6-11(14-12)18-2/h5-6,8-9H,3-4,7H2,1-2H3,(H,13,14). The van der Waals surface area contributed by atoms with Crippen molar-refractivity contribution in [2.24, 2.45) is 11.8 Å². The SMILES string of the molecule is COc1ccc([N+](=O)[O-])c(NCC(C)C2CC2)n1. The molecule has 2 rings (SSSR count). The number of ether oxygens (including phenoxy) is 1. The molecule has 6 heteroatoms. The lowest BCUT2D eigenvalue weighted by Crippen LogP contribution is -2.15. The first-order valence-corrected chi connectivity index (χ1v) is 6.05. The number of hydrogen-bond donors (Lipinski definition) is 1. The molecule has 0 amide bonds. The van der Waals surface area contributed by atoms with Gasteiger partial charge in [0.05, 0.1) is 12.0 Å². The smallest absolute Gasteiger partial charge is 0.311 e. The molecule has 1 N–H and O–H groups in total.